The molecule has 1 aromatic carbocycles. The molecule has 6 nitrogen and oxygen atoms in total. The summed E-state index contributed by atoms with van der Waals surface area (Å²) >= 11 is 0. The lowest BCUT2D eigenvalue weighted by atomic mass is 10.2. The first-order valence-electron chi connectivity index (χ1n) is 7.17. The molecule has 1 aliphatic rings. The first kappa shape index (κ1) is 15.3. The maximum atomic E-state index is 12.0. The second-order valence-electron chi connectivity index (χ2n) is 5.15. The fourth-order valence-electron chi connectivity index (χ4n) is 2.35. The summed E-state index contributed by atoms with van der Waals surface area (Å²) in [5, 5.41) is 14.5. The Morgan fingerprint density at radius 1 is 1.43 bits per heavy atom. The van der Waals surface area contributed by atoms with Gasteiger partial charge in [-0.2, -0.15) is 0 Å². The van der Waals surface area contributed by atoms with Crippen molar-refractivity contribution in [1.82, 2.24) is 10.6 Å². The normalized spacial score (nSPS) is 19.4. The number of benzene rings is 1. The maximum absolute atomic E-state index is 12.0. The average molecular weight is 291 g/mol. The molecule has 21 heavy (non-hydrogen) atoms. The number of aliphatic hydroxyl groups excluding tert-OH is 1. The van der Waals surface area contributed by atoms with Crippen LogP contribution in [0.25, 0.3) is 0 Å². The monoisotopic (exact) mass is 291 g/mol. The molecule has 2 rings (SSSR count). The van der Waals surface area contributed by atoms with Gasteiger partial charge in [-0.15, -0.1) is 0 Å². The lowest BCUT2D eigenvalue weighted by molar-refractivity contribution is -0.117. The van der Waals surface area contributed by atoms with Crippen LogP contribution in [0.3, 0.4) is 0 Å². The van der Waals surface area contributed by atoms with Crippen molar-refractivity contribution >= 4 is 17.6 Å². The van der Waals surface area contributed by atoms with Crippen molar-refractivity contribution in [3.63, 3.8) is 0 Å². The van der Waals surface area contributed by atoms with E-state index in [-0.39, 0.29) is 37.0 Å². The van der Waals surface area contributed by atoms with E-state index in [1.54, 1.807) is 4.90 Å². The lowest BCUT2D eigenvalue weighted by Gasteiger charge is -2.19. The van der Waals surface area contributed by atoms with Crippen LogP contribution in [0.1, 0.15) is 19.8 Å². The summed E-state index contributed by atoms with van der Waals surface area (Å²) in [6.45, 7) is 2.26. The summed E-state index contributed by atoms with van der Waals surface area (Å²) < 4.78 is 0. The molecule has 1 heterocycles. The van der Waals surface area contributed by atoms with E-state index >= 15 is 0 Å². The van der Waals surface area contributed by atoms with Gasteiger partial charge in [0.1, 0.15) is 0 Å². The fraction of sp³-hybridized carbons (Fsp3) is 0.467. The molecule has 1 aromatic rings. The second-order valence-corrected chi connectivity index (χ2v) is 5.15. The summed E-state index contributed by atoms with van der Waals surface area (Å²) in [6, 6.07) is 8.59. The van der Waals surface area contributed by atoms with Crippen molar-refractivity contribution in [3.8, 4) is 0 Å². The van der Waals surface area contributed by atoms with Crippen molar-refractivity contribution in [1.29, 1.82) is 0 Å². The zero-order chi connectivity index (χ0) is 15.2. The van der Waals surface area contributed by atoms with Gasteiger partial charge in [-0.05, 0) is 18.6 Å². The smallest absolute Gasteiger partial charge is 0.315 e. The number of hydrogen-bond donors (Lipinski definition) is 3. The molecule has 1 fully saturated rings. The van der Waals surface area contributed by atoms with Gasteiger partial charge in [0.15, 0.2) is 0 Å². The number of rotatable bonds is 5. The Morgan fingerprint density at radius 2 is 2.14 bits per heavy atom. The molecule has 3 N–H and O–H groups in total. The Kier molecular flexibility index (Phi) is 5.16. The van der Waals surface area contributed by atoms with E-state index in [9.17, 15) is 9.59 Å². The van der Waals surface area contributed by atoms with E-state index in [1.165, 1.54) is 0 Å². The van der Waals surface area contributed by atoms with E-state index in [4.69, 9.17) is 5.11 Å². The van der Waals surface area contributed by atoms with Crippen LogP contribution in [0.15, 0.2) is 30.3 Å². The number of carbonyl (C=O) groups is 2. The van der Waals surface area contributed by atoms with Crippen molar-refractivity contribution in [2.75, 3.05) is 18.1 Å². The fourth-order valence-corrected chi connectivity index (χ4v) is 2.35. The molecule has 0 unspecified atom stereocenters. The number of aliphatic hydroxyl groups is 1. The third-order valence-electron chi connectivity index (χ3n) is 3.58. The van der Waals surface area contributed by atoms with Crippen LogP contribution < -0.4 is 15.5 Å². The van der Waals surface area contributed by atoms with E-state index < -0.39 is 0 Å². The Balaban J connectivity index is 1.90. The van der Waals surface area contributed by atoms with Crippen molar-refractivity contribution in [3.05, 3.63) is 30.3 Å². The average Bonchev–Trinajstić information content (AvgIpc) is 2.86. The molecule has 0 radical (unpaired) electrons. The zero-order valence-electron chi connectivity index (χ0n) is 12.1. The van der Waals surface area contributed by atoms with Gasteiger partial charge in [-0.3, -0.25) is 4.79 Å². The third kappa shape index (κ3) is 3.95. The Bertz CT molecular complexity index is 488. The first-order valence-corrected chi connectivity index (χ1v) is 7.17. The predicted molar refractivity (Wildman–Crippen MR) is 80.0 cm³/mol. The van der Waals surface area contributed by atoms with Crippen LogP contribution in [0, 0.1) is 0 Å². The summed E-state index contributed by atoms with van der Waals surface area (Å²) in [7, 11) is 0. The Hall–Kier alpha value is -2.08. The lowest BCUT2D eigenvalue weighted by Crippen LogP contribution is -2.48. The van der Waals surface area contributed by atoms with Gasteiger partial charge >= 0.3 is 6.03 Å². The molecule has 1 aliphatic heterocycles. The molecule has 1 saturated heterocycles. The number of anilines is 1. The van der Waals surface area contributed by atoms with E-state index in [2.05, 4.69) is 10.6 Å². The molecule has 3 amide bonds. The van der Waals surface area contributed by atoms with Crippen LogP contribution in [-0.2, 0) is 4.79 Å². The van der Waals surface area contributed by atoms with E-state index in [1.807, 2.05) is 37.3 Å². The number of nitrogens with zero attached hydrogens (tertiary/aromatic N) is 1. The molecule has 6 heteroatoms. The molecular weight excluding hydrogens is 270 g/mol. The number of nitrogens with one attached hydrogen (secondary N) is 2. The minimum atomic E-state index is -0.344. The minimum Gasteiger partial charge on any atom is -0.394 e. The maximum Gasteiger partial charge on any atom is 0.315 e. The van der Waals surface area contributed by atoms with Gasteiger partial charge in [0.05, 0.1) is 18.7 Å². The van der Waals surface area contributed by atoms with E-state index in [0.29, 0.717) is 13.0 Å². The van der Waals surface area contributed by atoms with Gasteiger partial charge in [-0.1, -0.05) is 25.1 Å². The Labute approximate surface area is 124 Å². The molecule has 0 aromatic heterocycles. The van der Waals surface area contributed by atoms with E-state index in [0.717, 1.165) is 5.69 Å². The van der Waals surface area contributed by atoms with Gasteiger partial charge in [0, 0.05) is 18.7 Å². The molecule has 0 bridgehead atoms. The van der Waals surface area contributed by atoms with Crippen molar-refractivity contribution in [2.24, 2.45) is 0 Å². The molecule has 2 atom stereocenters. The molecule has 0 aliphatic carbocycles. The van der Waals surface area contributed by atoms with Gasteiger partial charge in [0.2, 0.25) is 5.91 Å². The highest BCUT2D eigenvalue weighted by atomic mass is 16.3. The number of amides is 3. The Morgan fingerprint density at radius 3 is 2.76 bits per heavy atom. The predicted octanol–water partition coefficient (Wildman–Crippen LogP) is 0.862. The summed E-state index contributed by atoms with van der Waals surface area (Å²) in [4.78, 5) is 25.5. The van der Waals surface area contributed by atoms with Gasteiger partial charge in [-0.25, -0.2) is 4.79 Å². The molecule has 114 valence electrons. The van der Waals surface area contributed by atoms with Crippen LogP contribution in [0.2, 0.25) is 0 Å². The first-order chi connectivity index (χ1) is 10.1. The molecule has 0 saturated carbocycles. The number of hydrogen-bond acceptors (Lipinski definition) is 3. The number of urea groups is 1. The van der Waals surface area contributed by atoms with Crippen LogP contribution in [0.4, 0.5) is 10.5 Å². The SMILES string of the molecule is CC[C@H](CO)NC(=O)N[C@@H]1CC(=O)N(c2ccccc2)C1. The van der Waals surface area contributed by atoms with Crippen molar-refractivity contribution < 1.29 is 14.7 Å². The van der Waals surface area contributed by atoms with Gasteiger partial charge in [0.25, 0.3) is 0 Å². The largest absolute Gasteiger partial charge is 0.394 e. The highest BCUT2D eigenvalue weighted by Gasteiger charge is 2.31. The topological polar surface area (TPSA) is 81.7 Å². The standard InChI is InChI=1S/C15H21N3O3/c1-2-11(10-19)16-15(21)17-12-8-14(20)18(9-12)13-6-4-3-5-7-13/h3-7,11-12,19H,2,8-10H2,1H3,(H2,16,17,21)/t11-,12-/m1/s1. The summed E-state index contributed by atoms with van der Waals surface area (Å²) in [5.41, 5.74) is 0.842. The second kappa shape index (κ2) is 7.08. The van der Waals surface area contributed by atoms with Crippen LogP contribution in [0.5, 0.6) is 0 Å². The quantitative estimate of drug-likeness (QED) is 0.752. The minimum absolute atomic E-state index is 0.000648. The molecular formula is C15H21N3O3. The highest BCUT2D eigenvalue weighted by Crippen LogP contribution is 2.20. The number of para-hydroxylation sites is 1. The van der Waals surface area contributed by atoms with Gasteiger partial charge < -0.3 is 20.6 Å². The molecule has 0 spiro atoms. The summed E-state index contributed by atoms with van der Waals surface area (Å²) in [5.74, 6) is 0.000648. The summed E-state index contributed by atoms with van der Waals surface area (Å²) in [6.07, 6.45) is 0.946. The third-order valence-corrected chi connectivity index (χ3v) is 3.58. The zero-order valence-corrected chi connectivity index (χ0v) is 12.1. The highest BCUT2D eigenvalue weighted by molar-refractivity contribution is 5.96. The van der Waals surface area contributed by atoms with Crippen molar-refractivity contribution in [2.45, 2.75) is 31.8 Å². The van der Waals surface area contributed by atoms with Crippen LogP contribution in [-0.4, -0.2) is 42.3 Å². The number of carbonyl (C=O) groups excluding carboxylic acids is 2. The van der Waals surface area contributed by atoms with Crippen LogP contribution >= 0.6 is 0 Å².